The largest absolute Gasteiger partial charge is 0.324 e. The van der Waals surface area contributed by atoms with Gasteiger partial charge in [0, 0.05) is 12.1 Å². The maximum absolute atomic E-state index is 13.4. The number of aryl methyl sites for hydroxylation is 1. The summed E-state index contributed by atoms with van der Waals surface area (Å²) in [6.07, 6.45) is 0. The van der Waals surface area contributed by atoms with Gasteiger partial charge in [0.25, 0.3) is 0 Å². The van der Waals surface area contributed by atoms with Crippen molar-refractivity contribution in [2.75, 3.05) is 0 Å². The minimum absolute atomic E-state index is 0.301. The third-order valence-electron chi connectivity index (χ3n) is 3.37. The van der Waals surface area contributed by atoms with Gasteiger partial charge in [-0.3, -0.25) is 0 Å². The van der Waals surface area contributed by atoms with Crippen molar-refractivity contribution >= 4 is 27.0 Å². The molecular formula is C16H11BrFN3. The molecule has 0 atom stereocenters. The first kappa shape index (κ1) is 13.8. The quantitative estimate of drug-likeness (QED) is 0.687. The molecule has 0 N–H and O–H groups in total. The van der Waals surface area contributed by atoms with Gasteiger partial charge >= 0.3 is 0 Å². The second-order valence-corrected chi connectivity index (χ2v) is 5.48. The third-order valence-corrected chi connectivity index (χ3v) is 3.98. The van der Waals surface area contributed by atoms with Gasteiger partial charge in [0.2, 0.25) is 0 Å². The van der Waals surface area contributed by atoms with E-state index in [1.807, 2.05) is 13.0 Å². The number of nitrogens with zero attached hydrogens (tertiary/aromatic N) is 3. The van der Waals surface area contributed by atoms with Crippen LogP contribution in [0.4, 0.5) is 4.39 Å². The van der Waals surface area contributed by atoms with Crippen molar-refractivity contribution in [3.05, 3.63) is 52.3 Å². The summed E-state index contributed by atoms with van der Waals surface area (Å²) in [4.78, 5) is 4.60. The molecule has 1 aromatic heterocycles. The van der Waals surface area contributed by atoms with Crippen molar-refractivity contribution in [3.63, 3.8) is 0 Å². The zero-order valence-electron chi connectivity index (χ0n) is 11.3. The summed E-state index contributed by atoms with van der Waals surface area (Å²) in [7, 11) is 0. The summed E-state index contributed by atoms with van der Waals surface area (Å²) < 4.78 is 15.9. The van der Waals surface area contributed by atoms with Gasteiger partial charge in [0.1, 0.15) is 11.6 Å². The molecule has 0 saturated carbocycles. The monoisotopic (exact) mass is 343 g/mol. The van der Waals surface area contributed by atoms with E-state index in [1.165, 1.54) is 6.07 Å². The smallest absolute Gasteiger partial charge is 0.141 e. The summed E-state index contributed by atoms with van der Waals surface area (Å²) in [5.74, 6) is 0.466. The lowest BCUT2D eigenvalue weighted by Gasteiger charge is -2.06. The van der Waals surface area contributed by atoms with Crippen LogP contribution in [0.1, 0.15) is 12.5 Å². The van der Waals surface area contributed by atoms with Gasteiger partial charge in [0.05, 0.1) is 27.1 Å². The molecule has 3 aromatic rings. The number of benzene rings is 2. The number of imidazole rings is 1. The first-order valence-electron chi connectivity index (χ1n) is 6.50. The molecule has 0 aliphatic heterocycles. The van der Waals surface area contributed by atoms with Gasteiger partial charge in [0.15, 0.2) is 0 Å². The molecule has 3 rings (SSSR count). The Kier molecular flexibility index (Phi) is 3.48. The fraction of sp³-hybridized carbons (Fsp3) is 0.125. The highest BCUT2D eigenvalue weighted by Crippen LogP contribution is 2.28. The fourth-order valence-electron chi connectivity index (χ4n) is 2.38. The van der Waals surface area contributed by atoms with E-state index >= 15 is 0 Å². The molecule has 0 aliphatic carbocycles. The van der Waals surface area contributed by atoms with E-state index in [-0.39, 0.29) is 5.82 Å². The summed E-state index contributed by atoms with van der Waals surface area (Å²) in [6.45, 7) is 2.77. The normalized spacial score (nSPS) is 10.8. The average molecular weight is 344 g/mol. The van der Waals surface area contributed by atoms with Crippen molar-refractivity contribution in [1.29, 1.82) is 5.26 Å². The van der Waals surface area contributed by atoms with Crippen molar-refractivity contribution < 1.29 is 4.39 Å². The molecule has 1 heterocycles. The molecule has 0 aliphatic rings. The lowest BCUT2D eigenvalue weighted by molar-refractivity contribution is 0.621. The third kappa shape index (κ3) is 2.32. The van der Waals surface area contributed by atoms with Gasteiger partial charge in [-0.2, -0.15) is 5.26 Å². The topological polar surface area (TPSA) is 41.6 Å². The molecule has 0 radical (unpaired) electrons. The van der Waals surface area contributed by atoms with E-state index in [0.717, 1.165) is 29.0 Å². The Morgan fingerprint density at radius 1 is 1.29 bits per heavy atom. The van der Waals surface area contributed by atoms with Crippen LogP contribution in [-0.4, -0.2) is 9.55 Å². The second kappa shape index (κ2) is 5.30. The highest BCUT2D eigenvalue weighted by molar-refractivity contribution is 9.10. The van der Waals surface area contributed by atoms with Gasteiger partial charge in [-0.05, 0) is 59.3 Å². The van der Waals surface area contributed by atoms with Crippen molar-refractivity contribution in [3.8, 4) is 17.5 Å². The van der Waals surface area contributed by atoms with Crippen LogP contribution in [0, 0.1) is 17.1 Å². The number of hydrogen-bond acceptors (Lipinski definition) is 2. The Hall–Kier alpha value is -2.19. The molecule has 3 nitrogen and oxygen atoms in total. The number of halogens is 2. The average Bonchev–Trinajstić information content (AvgIpc) is 2.87. The van der Waals surface area contributed by atoms with Crippen LogP contribution in [0.25, 0.3) is 22.4 Å². The van der Waals surface area contributed by atoms with Crippen LogP contribution >= 0.6 is 15.9 Å². The summed E-state index contributed by atoms with van der Waals surface area (Å²) in [6, 6.07) is 12.4. The van der Waals surface area contributed by atoms with Gasteiger partial charge in [-0.1, -0.05) is 0 Å². The second-order valence-electron chi connectivity index (χ2n) is 4.62. The zero-order chi connectivity index (χ0) is 15.0. The highest BCUT2D eigenvalue weighted by Gasteiger charge is 2.13. The molecule has 0 unspecified atom stereocenters. The summed E-state index contributed by atoms with van der Waals surface area (Å²) in [5, 5.41) is 8.98. The molecule has 5 heteroatoms. The Morgan fingerprint density at radius 2 is 2.10 bits per heavy atom. The van der Waals surface area contributed by atoms with Crippen molar-refractivity contribution in [2.24, 2.45) is 0 Å². The van der Waals surface area contributed by atoms with Crippen LogP contribution in [0.5, 0.6) is 0 Å². The van der Waals surface area contributed by atoms with Gasteiger partial charge in [-0.15, -0.1) is 0 Å². The number of nitriles is 1. The van der Waals surface area contributed by atoms with Crippen LogP contribution in [0.3, 0.4) is 0 Å². The van der Waals surface area contributed by atoms with E-state index in [4.69, 9.17) is 5.26 Å². The first-order chi connectivity index (χ1) is 10.1. The molecule has 0 saturated heterocycles. The Balaban J connectivity index is 2.26. The Morgan fingerprint density at radius 3 is 2.76 bits per heavy atom. The molecule has 0 bridgehead atoms. The Labute approximate surface area is 129 Å². The van der Waals surface area contributed by atoms with Crippen LogP contribution in [-0.2, 0) is 6.54 Å². The number of hydrogen-bond donors (Lipinski definition) is 0. The van der Waals surface area contributed by atoms with Gasteiger partial charge < -0.3 is 4.57 Å². The van der Waals surface area contributed by atoms with Crippen LogP contribution < -0.4 is 0 Å². The maximum Gasteiger partial charge on any atom is 0.141 e. The van der Waals surface area contributed by atoms with Crippen LogP contribution in [0.15, 0.2) is 40.9 Å². The highest BCUT2D eigenvalue weighted by atomic mass is 79.9. The lowest BCUT2D eigenvalue weighted by Crippen LogP contribution is -1.97. The van der Waals surface area contributed by atoms with E-state index in [0.29, 0.717) is 10.0 Å². The summed E-state index contributed by atoms with van der Waals surface area (Å²) in [5.41, 5.74) is 3.15. The molecule has 2 aromatic carbocycles. The predicted octanol–water partition coefficient (Wildman–Crippen LogP) is 4.50. The molecule has 0 spiro atoms. The minimum Gasteiger partial charge on any atom is -0.324 e. The molecule has 0 fully saturated rings. The zero-order valence-corrected chi connectivity index (χ0v) is 12.9. The molecule has 104 valence electrons. The number of rotatable bonds is 2. The SMILES string of the molecule is CCn1c(-c2ccc(F)c(Br)c2)nc2cc(C#N)ccc21. The van der Waals surface area contributed by atoms with Gasteiger partial charge in [-0.25, -0.2) is 9.37 Å². The number of fused-ring (bicyclic) bond motifs is 1. The molecule has 0 amide bonds. The maximum atomic E-state index is 13.4. The van der Waals surface area contributed by atoms with Crippen molar-refractivity contribution in [1.82, 2.24) is 9.55 Å². The van der Waals surface area contributed by atoms with E-state index in [2.05, 4.69) is 31.6 Å². The lowest BCUT2D eigenvalue weighted by atomic mass is 10.2. The molecule has 21 heavy (non-hydrogen) atoms. The minimum atomic E-state index is -0.301. The van der Waals surface area contributed by atoms with E-state index < -0.39 is 0 Å². The predicted molar refractivity (Wildman–Crippen MR) is 83.2 cm³/mol. The molecular weight excluding hydrogens is 333 g/mol. The van der Waals surface area contributed by atoms with Crippen LogP contribution in [0.2, 0.25) is 0 Å². The van der Waals surface area contributed by atoms with E-state index in [9.17, 15) is 4.39 Å². The van der Waals surface area contributed by atoms with Crippen molar-refractivity contribution in [2.45, 2.75) is 13.5 Å². The number of aromatic nitrogens is 2. The van der Waals surface area contributed by atoms with E-state index in [1.54, 1.807) is 24.3 Å². The Bertz CT molecular complexity index is 877. The fourth-order valence-corrected chi connectivity index (χ4v) is 2.75. The first-order valence-corrected chi connectivity index (χ1v) is 7.29. The standard InChI is InChI=1S/C16H11BrFN3/c1-2-21-15-6-3-10(9-19)7-14(15)20-16(21)11-4-5-13(18)12(17)8-11/h3-8H,2H2,1H3. The summed E-state index contributed by atoms with van der Waals surface area (Å²) >= 11 is 3.20.